The molecule has 0 amide bonds. The van der Waals surface area contributed by atoms with E-state index in [0.29, 0.717) is 6.04 Å². The molecule has 0 saturated heterocycles. The maximum absolute atomic E-state index is 6.26. The largest absolute Gasteiger partial charge is 0.324 e. The van der Waals surface area contributed by atoms with E-state index in [9.17, 15) is 0 Å². The molecular weight excluding hydrogens is 158 g/mol. The first-order valence-corrected chi connectivity index (χ1v) is 5.73. The van der Waals surface area contributed by atoms with E-state index in [0.717, 1.165) is 11.8 Å². The minimum atomic E-state index is 0.368. The summed E-state index contributed by atoms with van der Waals surface area (Å²) >= 11 is 0. The summed E-state index contributed by atoms with van der Waals surface area (Å²) < 4.78 is 0. The minimum absolute atomic E-state index is 0.368. The van der Waals surface area contributed by atoms with E-state index in [1.807, 2.05) is 0 Å². The van der Waals surface area contributed by atoms with E-state index >= 15 is 0 Å². The summed E-state index contributed by atoms with van der Waals surface area (Å²) in [5.41, 5.74) is 7.81. The van der Waals surface area contributed by atoms with Crippen LogP contribution >= 0.6 is 0 Å². The second-order valence-corrected chi connectivity index (χ2v) is 4.75. The molecule has 1 nitrogen and oxygen atoms in total. The molecule has 0 aliphatic heterocycles. The Bertz CT molecular complexity index is 203. The number of nitrogens with two attached hydrogens (primary N) is 1. The lowest BCUT2D eigenvalue weighted by Gasteiger charge is -2.25. The summed E-state index contributed by atoms with van der Waals surface area (Å²) in [6, 6.07) is 0.368. The molecule has 1 heteroatoms. The van der Waals surface area contributed by atoms with Crippen LogP contribution in [-0.4, -0.2) is 6.04 Å². The molecule has 2 N–H and O–H groups in total. The fourth-order valence-electron chi connectivity index (χ4n) is 2.42. The van der Waals surface area contributed by atoms with Gasteiger partial charge in [-0.1, -0.05) is 18.6 Å². The van der Waals surface area contributed by atoms with Gasteiger partial charge in [-0.15, -0.1) is 0 Å². The quantitative estimate of drug-likeness (QED) is 0.662. The van der Waals surface area contributed by atoms with E-state index in [1.54, 1.807) is 5.57 Å². The van der Waals surface area contributed by atoms with Gasteiger partial charge in [0, 0.05) is 6.04 Å². The molecule has 0 aromatic rings. The number of hydrogen-bond acceptors (Lipinski definition) is 1. The van der Waals surface area contributed by atoms with Crippen molar-refractivity contribution in [2.24, 2.45) is 17.6 Å². The van der Waals surface area contributed by atoms with Gasteiger partial charge < -0.3 is 5.73 Å². The smallest absolute Gasteiger partial charge is 0.0282 e. The van der Waals surface area contributed by atoms with Crippen molar-refractivity contribution in [1.29, 1.82) is 0 Å². The van der Waals surface area contributed by atoms with E-state index < -0.39 is 0 Å². The average molecular weight is 179 g/mol. The molecule has 0 aromatic heterocycles. The van der Waals surface area contributed by atoms with Crippen LogP contribution in [0.1, 0.15) is 45.4 Å². The predicted molar refractivity (Wildman–Crippen MR) is 56.4 cm³/mol. The highest BCUT2D eigenvalue weighted by Crippen LogP contribution is 2.40. The number of allylic oxidation sites excluding steroid dienone is 1. The minimum Gasteiger partial charge on any atom is -0.324 e. The van der Waals surface area contributed by atoms with Crippen LogP contribution in [0.15, 0.2) is 11.6 Å². The van der Waals surface area contributed by atoms with Gasteiger partial charge in [0.2, 0.25) is 0 Å². The van der Waals surface area contributed by atoms with Gasteiger partial charge >= 0.3 is 0 Å². The standard InChI is InChI=1S/C12H21N/c1-9(10-7-8-10)12(13)11-5-3-2-4-6-11/h5,9-10,12H,2-4,6-8,13H2,1H3. The van der Waals surface area contributed by atoms with E-state index in [1.165, 1.54) is 38.5 Å². The zero-order chi connectivity index (χ0) is 9.26. The van der Waals surface area contributed by atoms with Crippen LogP contribution in [-0.2, 0) is 0 Å². The van der Waals surface area contributed by atoms with Crippen molar-refractivity contribution in [3.05, 3.63) is 11.6 Å². The molecule has 0 spiro atoms. The Morgan fingerprint density at radius 2 is 2.15 bits per heavy atom. The molecule has 1 saturated carbocycles. The number of hydrogen-bond donors (Lipinski definition) is 1. The van der Waals surface area contributed by atoms with Crippen molar-refractivity contribution in [2.45, 2.75) is 51.5 Å². The van der Waals surface area contributed by atoms with Crippen LogP contribution < -0.4 is 5.73 Å². The Hall–Kier alpha value is -0.300. The van der Waals surface area contributed by atoms with Crippen molar-refractivity contribution < 1.29 is 0 Å². The van der Waals surface area contributed by atoms with Gasteiger partial charge in [0.05, 0.1) is 0 Å². The lowest BCUT2D eigenvalue weighted by molar-refractivity contribution is 0.428. The van der Waals surface area contributed by atoms with Gasteiger partial charge in [0.15, 0.2) is 0 Å². The lowest BCUT2D eigenvalue weighted by atomic mass is 9.85. The topological polar surface area (TPSA) is 26.0 Å². The fourth-order valence-corrected chi connectivity index (χ4v) is 2.42. The zero-order valence-electron chi connectivity index (χ0n) is 8.63. The van der Waals surface area contributed by atoms with Gasteiger partial charge in [-0.3, -0.25) is 0 Å². The molecule has 0 heterocycles. The monoisotopic (exact) mass is 179 g/mol. The van der Waals surface area contributed by atoms with Crippen LogP contribution in [0.5, 0.6) is 0 Å². The molecule has 0 aromatic carbocycles. The Labute approximate surface area is 81.4 Å². The highest BCUT2D eigenvalue weighted by atomic mass is 14.7. The molecular formula is C12H21N. The van der Waals surface area contributed by atoms with Crippen molar-refractivity contribution in [1.82, 2.24) is 0 Å². The summed E-state index contributed by atoms with van der Waals surface area (Å²) in [7, 11) is 0. The van der Waals surface area contributed by atoms with Crippen molar-refractivity contribution in [2.75, 3.05) is 0 Å². The van der Waals surface area contributed by atoms with E-state index in [-0.39, 0.29) is 0 Å². The highest BCUT2D eigenvalue weighted by molar-refractivity contribution is 5.14. The van der Waals surface area contributed by atoms with Crippen molar-refractivity contribution >= 4 is 0 Å². The molecule has 2 aliphatic carbocycles. The predicted octanol–water partition coefficient (Wildman–Crippen LogP) is 2.86. The van der Waals surface area contributed by atoms with Gasteiger partial charge in [0.1, 0.15) is 0 Å². The maximum Gasteiger partial charge on any atom is 0.0282 e. The summed E-state index contributed by atoms with van der Waals surface area (Å²) in [6.07, 6.45) is 10.5. The molecule has 2 aliphatic rings. The van der Waals surface area contributed by atoms with Crippen LogP contribution in [0, 0.1) is 11.8 Å². The first-order valence-electron chi connectivity index (χ1n) is 5.73. The second kappa shape index (κ2) is 3.83. The van der Waals surface area contributed by atoms with Gasteiger partial charge in [0.25, 0.3) is 0 Å². The van der Waals surface area contributed by atoms with Gasteiger partial charge in [-0.2, -0.15) is 0 Å². The van der Waals surface area contributed by atoms with Gasteiger partial charge in [-0.25, -0.2) is 0 Å². The highest BCUT2D eigenvalue weighted by Gasteiger charge is 2.32. The van der Waals surface area contributed by atoms with Gasteiger partial charge in [-0.05, 0) is 50.4 Å². The van der Waals surface area contributed by atoms with Crippen LogP contribution in [0.25, 0.3) is 0 Å². The first kappa shape index (κ1) is 9.26. The van der Waals surface area contributed by atoms with Crippen molar-refractivity contribution in [3.63, 3.8) is 0 Å². The lowest BCUT2D eigenvalue weighted by Crippen LogP contribution is -2.32. The third-order valence-electron chi connectivity index (χ3n) is 3.69. The van der Waals surface area contributed by atoms with Crippen molar-refractivity contribution in [3.8, 4) is 0 Å². The summed E-state index contributed by atoms with van der Waals surface area (Å²) in [5.74, 6) is 1.67. The first-order chi connectivity index (χ1) is 6.29. The zero-order valence-corrected chi connectivity index (χ0v) is 8.63. The van der Waals surface area contributed by atoms with Crippen LogP contribution in [0.3, 0.4) is 0 Å². The molecule has 2 unspecified atom stereocenters. The van der Waals surface area contributed by atoms with E-state index in [4.69, 9.17) is 5.73 Å². The third-order valence-corrected chi connectivity index (χ3v) is 3.69. The second-order valence-electron chi connectivity index (χ2n) is 4.75. The Morgan fingerprint density at radius 1 is 1.38 bits per heavy atom. The summed E-state index contributed by atoms with van der Waals surface area (Å²) in [5, 5.41) is 0. The molecule has 0 bridgehead atoms. The summed E-state index contributed by atoms with van der Waals surface area (Å²) in [6.45, 7) is 2.33. The fraction of sp³-hybridized carbons (Fsp3) is 0.833. The maximum atomic E-state index is 6.26. The average Bonchev–Trinajstić information content (AvgIpc) is 3.00. The Kier molecular flexibility index (Phi) is 2.73. The molecule has 74 valence electrons. The van der Waals surface area contributed by atoms with E-state index in [2.05, 4.69) is 13.0 Å². The number of rotatable bonds is 3. The SMILES string of the molecule is CC(C1CC1)C(N)C1=CCCCC1. The third kappa shape index (κ3) is 2.14. The van der Waals surface area contributed by atoms with Crippen LogP contribution in [0.2, 0.25) is 0 Å². The normalized spacial score (nSPS) is 28.0. The Morgan fingerprint density at radius 3 is 2.69 bits per heavy atom. The summed E-state index contributed by atoms with van der Waals surface area (Å²) in [4.78, 5) is 0. The van der Waals surface area contributed by atoms with Crippen LogP contribution in [0.4, 0.5) is 0 Å². The molecule has 2 atom stereocenters. The molecule has 13 heavy (non-hydrogen) atoms. The molecule has 0 radical (unpaired) electrons. The Balaban J connectivity index is 1.93. The molecule has 1 fully saturated rings. The molecule has 2 rings (SSSR count).